The normalized spacial score (nSPS) is 13.2. The van der Waals surface area contributed by atoms with Gasteiger partial charge in [0.05, 0.1) is 6.61 Å². The van der Waals surface area contributed by atoms with Crippen LogP contribution in [0.25, 0.3) is 0 Å². The molecule has 0 aliphatic carbocycles. The quantitative estimate of drug-likeness (QED) is 0.328. The Morgan fingerprint density at radius 2 is 1.74 bits per heavy atom. The topological polar surface area (TPSA) is 103 Å². The van der Waals surface area contributed by atoms with Gasteiger partial charge in [0.2, 0.25) is 0 Å². The van der Waals surface area contributed by atoms with E-state index < -0.39 is 23.8 Å². The number of rotatable bonds is 10. The molecule has 8 heteroatoms. The van der Waals surface area contributed by atoms with E-state index in [0.29, 0.717) is 6.42 Å². The van der Waals surface area contributed by atoms with Gasteiger partial charge in [0.25, 0.3) is 0 Å². The highest BCUT2D eigenvalue weighted by Gasteiger charge is 2.23. The Hall–Kier alpha value is -3.03. The molecular formula is C23H34N2O6. The van der Waals surface area contributed by atoms with Crippen LogP contribution in [-0.4, -0.2) is 43.0 Å². The molecule has 0 aliphatic heterocycles. The number of nitrogens with one attached hydrogen (secondary N) is 2. The van der Waals surface area contributed by atoms with E-state index in [-0.39, 0.29) is 31.7 Å². The molecule has 0 spiro atoms. The summed E-state index contributed by atoms with van der Waals surface area (Å²) < 4.78 is 15.4. The highest BCUT2D eigenvalue weighted by Crippen LogP contribution is 2.12. The minimum absolute atomic E-state index is 0.159. The lowest BCUT2D eigenvalue weighted by Gasteiger charge is -2.26. The molecule has 1 rings (SSSR count). The third-order valence-corrected chi connectivity index (χ3v) is 4.15. The molecule has 8 nitrogen and oxygen atoms in total. The zero-order valence-electron chi connectivity index (χ0n) is 19.0. The fraction of sp³-hybridized carbons (Fsp3) is 0.522. The molecule has 0 saturated carbocycles. The Balaban J connectivity index is 2.64. The number of carbonyl (C=O) groups is 3. The summed E-state index contributed by atoms with van der Waals surface area (Å²) in [5, 5.41) is 5.49. The maximum Gasteiger partial charge on any atom is 0.407 e. The van der Waals surface area contributed by atoms with Crippen molar-refractivity contribution in [2.24, 2.45) is 5.92 Å². The Morgan fingerprint density at radius 3 is 2.35 bits per heavy atom. The van der Waals surface area contributed by atoms with E-state index in [1.165, 1.54) is 6.08 Å². The number of ether oxygens (including phenoxy) is 3. The van der Waals surface area contributed by atoms with Crippen molar-refractivity contribution in [2.45, 2.75) is 59.3 Å². The predicted molar refractivity (Wildman–Crippen MR) is 117 cm³/mol. The smallest absolute Gasteiger partial charge is 0.407 e. The zero-order valence-corrected chi connectivity index (χ0v) is 19.0. The second kappa shape index (κ2) is 13.3. The Labute approximate surface area is 184 Å². The number of hydrogen-bond donors (Lipinski definition) is 2. The standard InChI is InChI=1S/C23H34N2O6/c1-6-29-20(26)14-10-13-19(17(2)25-22(28)31-23(3,4)5)15-24-21(27)30-16-18-11-8-7-9-12-18/h7-12,14,17,19H,6,13,15-16H2,1-5H3,(H,24,27)(H,25,28)/t17-,19+/m1/s1. The summed E-state index contributed by atoms with van der Waals surface area (Å²) in [6.45, 7) is 9.56. The molecule has 2 N–H and O–H groups in total. The first kappa shape index (κ1) is 26.0. The van der Waals surface area contributed by atoms with Crippen LogP contribution in [0.5, 0.6) is 0 Å². The summed E-state index contributed by atoms with van der Waals surface area (Å²) in [5.74, 6) is -0.647. The molecule has 1 aromatic carbocycles. The molecular weight excluding hydrogens is 400 g/mol. The minimum atomic E-state index is -0.622. The Bertz CT molecular complexity index is 727. The third kappa shape index (κ3) is 12.3. The fourth-order valence-corrected chi connectivity index (χ4v) is 2.59. The van der Waals surface area contributed by atoms with E-state index in [1.807, 2.05) is 37.3 Å². The predicted octanol–water partition coefficient (Wildman–Crippen LogP) is 3.95. The van der Waals surface area contributed by atoms with Crippen molar-refractivity contribution in [3.05, 3.63) is 48.0 Å². The van der Waals surface area contributed by atoms with E-state index in [0.717, 1.165) is 5.56 Å². The van der Waals surface area contributed by atoms with Gasteiger partial charge < -0.3 is 24.8 Å². The largest absolute Gasteiger partial charge is 0.463 e. The van der Waals surface area contributed by atoms with Crippen molar-refractivity contribution in [2.75, 3.05) is 13.2 Å². The van der Waals surface area contributed by atoms with Crippen LogP contribution in [0, 0.1) is 5.92 Å². The molecule has 1 aromatic rings. The molecule has 172 valence electrons. The van der Waals surface area contributed by atoms with Crippen molar-refractivity contribution in [3.8, 4) is 0 Å². The molecule has 0 fully saturated rings. The first-order chi connectivity index (χ1) is 14.6. The molecule has 0 aromatic heterocycles. The third-order valence-electron chi connectivity index (χ3n) is 4.15. The van der Waals surface area contributed by atoms with E-state index in [2.05, 4.69) is 10.6 Å². The summed E-state index contributed by atoms with van der Waals surface area (Å²) in [5.41, 5.74) is 0.259. The van der Waals surface area contributed by atoms with Crippen LogP contribution in [0.1, 0.15) is 46.6 Å². The summed E-state index contributed by atoms with van der Waals surface area (Å²) >= 11 is 0. The Morgan fingerprint density at radius 1 is 1.06 bits per heavy atom. The van der Waals surface area contributed by atoms with Crippen LogP contribution in [0.3, 0.4) is 0 Å². The van der Waals surface area contributed by atoms with Crippen molar-refractivity contribution in [1.29, 1.82) is 0 Å². The second-order valence-electron chi connectivity index (χ2n) is 8.03. The number of carbonyl (C=O) groups excluding carboxylic acids is 3. The maximum absolute atomic E-state index is 12.1. The van der Waals surface area contributed by atoms with Gasteiger partial charge in [-0.05, 0) is 52.5 Å². The summed E-state index contributed by atoms with van der Waals surface area (Å²) in [7, 11) is 0. The van der Waals surface area contributed by atoms with Gasteiger partial charge in [-0.25, -0.2) is 14.4 Å². The van der Waals surface area contributed by atoms with Crippen LogP contribution in [0.15, 0.2) is 42.5 Å². The van der Waals surface area contributed by atoms with Gasteiger partial charge in [-0.2, -0.15) is 0 Å². The van der Waals surface area contributed by atoms with Crippen molar-refractivity contribution < 1.29 is 28.6 Å². The lowest BCUT2D eigenvalue weighted by molar-refractivity contribution is -0.137. The first-order valence-electron chi connectivity index (χ1n) is 10.4. The van der Waals surface area contributed by atoms with Crippen LogP contribution in [0.4, 0.5) is 9.59 Å². The van der Waals surface area contributed by atoms with Crippen LogP contribution < -0.4 is 10.6 Å². The van der Waals surface area contributed by atoms with Crippen LogP contribution >= 0.6 is 0 Å². The van der Waals surface area contributed by atoms with Gasteiger partial charge >= 0.3 is 18.2 Å². The first-order valence-corrected chi connectivity index (χ1v) is 10.4. The fourth-order valence-electron chi connectivity index (χ4n) is 2.59. The zero-order chi connectivity index (χ0) is 23.3. The molecule has 0 saturated heterocycles. The number of allylic oxidation sites excluding steroid dienone is 1. The van der Waals surface area contributed by atoms with Crippen molar-refractivity contribution in [1.82, 2.24) is 10.6 Å². The number of hydrogen-bond acceptors (Lipinski definition) is 6. The lowest BCUT2D eigenvalue weighted by atomic mass is 9.97. The summed E-state index contributed by atoms with van der Waals surface area (Å²) in [6.07, 6.45) is 2.31. The molecule has 0 heterocycles. The molecule has 0 radical (unpaired) electrons. The second-order valence-corrected chi connectivity index (χ2v) is 8.03. The van der Waals surface area contributed by atoms with E-state index >= 15 is 0 Å². The maximum atomic E-state index is 12.1. The molecule has 0 unspecified atom stereocenters. The SMILES string of the molecule is CCOC(=O)C=CC[C@@H](CNC(=O)OCc1ccccc1)[C@@H](C)NC(=O)OC(C)(C)C. The van der Waals surface area contributed by atoms with Gasteiger partial charge in [0, 0.05) is 18.7 Å². The molecule has 31 heavy (non-hydrogen) atoms. The number of alkyl carbamates (subject to hydrolysis) is 2. The monoisotopic (exact) mass is 434 g/mol. The number of benzene rings is 1. The van der Waals surface area contributed by atoms with Gasteiger partial charge in [-0.1, -0.05) is 36.4 Å². The minimum Gasteiger partial charge on any atom is -0.463 e. The van der Waals surface area contributed by atoms with Gasteiger partial charge in [0.1, 0.15) is 12.2 Å². The molecule has 2 atom stereocenters. The summed E-state index contributed by atoms with van der Waals surface area (Å²) in [6, 6.07) is 9.01. The van der Waals surface area contributed by atoms with Gasteiger partial charge in [-0.15, -0.1) is 0 Å². The highest BCUT2D eigenvalue weighted by atomic mass is 16.6. The number of amides is 2. The average Bonchev–Trinajstić information content (AvgIpc) is 2.68. The van der Waals surface area contributed by atoms with E-state index in [4.69, 9.17) is 14.2 Å². The highest BCUT2D eigenvalue weighted by molar-refractivity contribution is 5.81. The number of esters is 1. The van der Waals surface area contributed by atoms with Crippen molar-refractivity contribution >= 4 is 18.2 Å². The van der Waals surface area contributed by atoms with Crippen LogP contribution in [-0.2, 0) is 25.6 Å². The van der Waals surface area contributed by atoms with Crippen LogP contribution in [0.2, 0.25) is 0 Å². The van der Waals surface area contributed by atoms with Crippen molar-refractivity contribution in [3.63, 3.8) is 0 Å². The molecule has 0 aliphatic rings. The molecule has 0 bridgehead atoms. The average molecular weight is 435 g/mol. The van der Waals surface area contributed by atoms with Gasteiger partial charge in [0.15, 0.2) is 0 Å². The Kier molecular flexibility index (Phi) is 11.2. The molecule has 2 amide bonds. The van der Waals surface area contributed by atoms with E-state index in [9.17, 15) is 14.4 Å². The van der Waals surface area contributed by atoms with E-state index in [1.54, 1.807) is 33.8 Å². The lowest BCUT2D eigenvalue weighted by Crippen LogP contribution is -2.44. The summed E-state index contributed by atoms with van der Waals surface area (Å²) in [4.78, 5) is 35.7. The van der Waals surface area contributed by atoms with Gasteiger partial charge in [-0.3, -0.25) is 0 Å².